The van der Waals surface area contributed by atoms with Gasteiger partial charge in [0.25, 0.3) is 5.91 Å². The molecule has 3 atom stereocenters. The molecule has 0 aliphatic carbocycles. The van der Waals surface area contributed by atoms with Crippen molar-refractivity contribution in [3.05, 3.63) is 114 Å². The van der Waals surface area contributed by atoms with Crippen LogP contribution in [0.3, 0.4) is 0 Å². The fourth-order valence-electron chi connectivity index (χ4n) is 6.84. The minimum absolute atomic E-state index is 0.0136. The molecule has 258 valence electrons. The van der Waals surface area contributed by atoms with Gasteiger partial charge in [0.1, 0.15) is 30.3 Å². The Hall–Kier alpha value is -4.45. The Morgan fingerprint density at radius 1 is 1.04 bits per heavy atom. The van der Waals surface area contributed by atoms with Crippen LogP contribution in [-0.4, -0.2) is 75.4 Å². The quantitative estimate of drug-likeness (QED) is 0.199. The van der Waals surface area contributed by atoms with E-state index < -0.39 is 29.7 Å². The van der Waals surface area contributed by atoms with E-state index in [4.69, 9.17) is 14.5 Å². The highest BCUT2D eigenvalue weighted by molar-refractivity contribution is 5.81. The lowest BCUT2D eigenvalue weighted by atomic mass is 9.88. The Labute approximate surface area is 285 Å². The number of ether oxygens (including phenoxy) is 2. The summed E-state index contributed by atoms with van der Waals surface area (Å²) in [7, 11) is 0. The van der Waals surface area contributed by atoms with Crippen molar-refractivity contribution in [1.29, 1.82) is 0 Å². The molecule has 0 radical (unpaired) electrons. The van der Waals surface area contributed by atoms with Crippen LogP contribution in [0.1, 0.15) is 49.2 Å². The molecule has 6 rings (SSSR count). The number of benzene rings is 3. The van der Waals surface area contributed by atoms with Gasteiger partial charge in [-0.05, 0) is 55.0 Å². The van der Waals surface area contributed by atoms with E-state index in [0.29, 0.717) is 51.6 Å². The monoisotopic (exact) mass is 672 g/mol. The van der Waals surface area contributed by atoms with Gasteiger partial charge in [-0.3, -0.25) is 9.59 Å². The molecule has 2 saturated heterocycles. The molecule has 11 heteroatoms. The largest absolute Gasteiger partial charge is 0.384 e. The number of halogens is 2. The van der Waals surface area contributed by atoms with Gasteiger partial charge in [0.2, 0.25) is 5.91 Å². The number of aromatic nitrogens is 2. The third kappa shape index (κ3) is 8.41. The highest BCUT2D eigenvalue weighted by Crippen LogP contribution is 2.38. The molecule has 2 fully saturated rings. The standard InChI is InChI=1S/C38H42F2N4O5/c1-26(45)38(47)44(22-29-18-35(46)43(21-29)25-49-24-28-10-6-3-7-11-28)36(30-14-16-48-17-15-30)37-41-34(32-19-31(39)12-13-33(32)40)23-42(37)20-27-8-4-2-5-9-27/h2-13,19,23,26,29-30,36,45H,14-18,20-22,24-25H2,1H3. The number of imidazole rings is 1. The molecule has 3 unspecified atom stereocenters. The lowest BCUT2D eigenvalue weighted by Gasteiger charge is -2.40. The van der Waals surface area contributed by atoms with Crippen molar-refractivity contribution >= 4 is 11.8 Å². The fraction of sp³-hybridized carbons (Fsp3) is 0.395. The summed E-state index contributed by atoms with van der Waals surface area (Å²) in [6.07, 6.45) is 1.85. The van der Waals surface area contributed by atoms with E-state index in [1.54, 1.807) is 16.0 Å². The number of hydrogen-bond donors (Lipinski definition) is 1. The van der Waals surface area contributed by atoms with Crippen molar-refractivity contribution in [3.8, 4) is 11.3 Å². The van der Waals surface area contributed by atoms with E-state index in [1.165, 1.54) is 6.92 Å². The molecule has 2 amide bonds. The number of aliphatic hydroxyl groups is 1. The predicted octanol–water partition coefficient (Wildman–Crippen LogP) is 5.58. The van der Waals surface area contributed by atoms with Gasteiger partial charge in [0, 0.05) is 56.9 Å². The third-order valence-corrected chi connectivity index (χ3v) is 9.27. The highest BCUT2D eigenvalue weighted by atomic mass is 19.1. The molecule has 0 spiro atoms. The summed E-state index contributed by atoms with van der Waals surface area (Å²) in [5.74, 6) is -1.61. The molecule has 3 aromatic carbocycles. The van der Waals surface area contributed by atoms with Crippen LogP contribution in [0.25, 0.3) is 11.3 Å². The summed E-state index contributed by atoms with van der Waals surface area (Å²) < 4.78 is 42.9. The third-order valence-electron chi connectivity index (χ3n) is 9.27. The lowest BCUT2D eigenvalue weighted by molar-refractivity contribution is -0.145. The van der Waals surface area contributed by atoms with Gasteiger partial charge in [-0.25, -0.2) is 13.8 Å². The smallest absolute Gasteiger partial charge is 0.251 e. The van der Waals surface area contributed by atoms with Crippen molar-refractivity contribution in [3.63, 3.8) is 0 Å². The van der Waals surface area contributed by atoms with Crippen molar-refractivity contribution in [1.82, 2.24) is 19.4 Å². The molecular weight excluding hydrogens is 630 g/mol. The summed E-state index contributed by atoms with van der Waals surface area (Å²) >= 11 is 0. The van der Waals surface area contributed by atoms with Crippen LogP contribution in [0.4, 0.5) is 8.78 Å². The maximum absolute atomic E-state index is 15.1. The number of carbonyl (C=O) groups excluding carboxylic acids is 2. The predicted molar refractivity (Wildman–Crippen MR) is 179 cm³/mol. The number of rotatable bonds is 13. The van der Waals surface area contributed by atoms with Gasteiger partial charge < -0.3 is 28.9 Å². The second-order valence-electron chi connectivity index (χ2n) is 12.9. The Bertz CT molecular complexity index is 1710. The molecule has 0 saturated carbocycles. The van der Waals surface area contributed by atoms with Gasteiger partial charge in [0.15, 0.2) is 0 Å². The van der Waals surface area contributed by atoms with E-state index >= 15 is 4.39 Å². The normalized spacial score (nSPS) is 18.1. The average Bonchev–Trinajstić information content (AvgIpc) is 3.68. The van der Waals surface area contributed by atoms with Gasteiger partial charge >= 0.3 is 0 Å². The zero-order valence-electron chi connectivity index (χ0n) is 27.6. The maximum Gasteiger partial charge on any atom is 0.251 e. The van der Waals surface area contributed by atoms with Crippen LogP contribution in [0, 0.1) is 23.5 Å². The molecule has 49 heavy (non-hydrogen) atoms. The van der Waals surface area contributed by atoms with Crippen molar-refractivity contribution in [2.75, 3.05) is 33.0 Å². The van der Waals surface area contributed by atoms with Crippen LogP contribution in [-0.2, 0) is 32.2 Å². The highest BCUT2D eigenvalue weighted by Gasteiger charge is 2.41. The Morgan fingerprint density at radius 2 is 1.73 bits per heavy atom. The lowest BCUT2D eigenvalue weighted by Crippen LogP contribution is -2.47. The molecule has 3 heterocycles. The minimum atomic E-state index is -1.32. The number of likely N-dealkylation sites (tertiary alicyclic amines) is 1. The number of hydrogen-bond acceptors (Lipinski definition) is 6. The second-order valence-corrected chi connectivity index (χ2v) is 12.9. The number of aliphatic hydroxyl groups excluding tert-OH is 1. The van der Waals surface area contributed by atoms with Crippen molar-refractivity contribution in [2.45, 2.75) is 51.5 Å². The van der Waals surface area contributed by atoms with E-state index in [-0.39, 0.29) is 48.7 Å². The van der Waals surface area contributed by atoms with Crippen molar-refractivity contribution < 1.29 is 33.0 Å². The van der Waals surface area contributed by atoms with Gasteiger partial charge in [-0.2, -0.15) is 0 Å². The first-order valence-electron chi connectivity index (χ1n) is 16.8. The molecule has 2 aliphatic rings. The summed E-state index contributed by atoms with van der Waals surface area (Å²) in [6.45, 7) is 3.83. The topological polar surface area (TPSA) is 97.1 Å². The van der Waals surface area contributed by atoms with Gasteiger partial charge in [-0.1, -0.05) is 60.7 Å². The second kappa shape index (κ2) is 15.8. The summed E-state index contributed by atoms with van der Waals surface area (Å²) in [6, 6.07) is 22.0. The Kier molecular flexibility index (Phi) is 11.1. The fourth-order valence-corrected chi connectivity index (χ4v) is 6.84. The molecular formula is C38H42F2N4O5. The van der Waals surface area contributed by atoms with Crippen LogP contribution in [0.2, 0.25) is 0 Å². The summed E-state index contributed by atoms with van der Waals surface area (Å²) in [5, 5.41) is 10.7. The zero-order chi connectivity index (χ0) is 34.3. The molecule has 2 aliphatic heterocycles. The van der Waals surface area contributed by atoms with Crippen molar-refractivity contribution in [2.24, 2.45) is 11.8 Å². The minimum Gasteiger partial charge on any atom is -0.384 e. The summed E-state index contributed by atoms with van der Waals surface area (Å²) in [5.41, 5.74) is 2.21. The first-order chi connectivity index (χ1) is 23.8. The van der Waals surface area contributed by atoms with E-state index in [2.05, 4.69) is 0 Å². The average molecular weight is 673 g/mol. The molecule has 9 nitrogen and oxygen atoms in total. The molecule has 1 aromatic heterocycles. The Morgan fingerprint density at radius 3 is 2.43 bits per heavy atom. The SMILES string of the molecule is CC(O)C(=O)N(CC1CC(=O)N(COCc2ccccc2)C1)C(c1nc(-c2cc(F)ccc2F)cn1Cc1ccccc1)C1CCOCC1. The number of carbonyl (C=O) groups is 2. The van der Waals surface area contributed by atoms with E-state index in [1.807, 2.05) is 65.2 Å². The van der Waals surface area contributed by atoms with Crippen LogP contribution < -0.4 is 0 Å². The molecule has 0 bridgehead atoms. The first kappa shape index (κ1) is 34.4. The molecule has 4 aromatic rings. The van der Waals surface area contributed by atoms with E-state index in [9.17, 15) is 19.1 Å². The van der Waals surface area contributed by atoms with Gasteiger partial charge in [0.05, 0.1) is 18.3 Å². The number of nitrogens with zero attached hydrogens (tertiary/aromatic N) is 4. The van der Waals surface area contributed by atoms with Crippen LogP contribution >= 0.6 is 0 Å². The maximum atomic E-state index is 15.1. The van der Waals surface area contributed by atoms with Crippen LogP contribution in [0.15, 0.2) is 85.1 Å². The number of amides is 2. The van der Waals surface area contributed by atoms with Crippen LogP contribution in [0.5, 0.6) is 0 Å². The Balaban J connectivity index is 1.34. The molecule has 1 N–H and O–H groups in total. The zero-order valence-corrected chi connectivity index (χ0v) is 27.6. The summed E-state index contributed by atoms with van der Waals surface area (Å²) in [4.78, 5) is 35.4. The first-order valence-corrected chi connectivity index (χ1v) is 16.8. The van der Waals surface area contributed by atoms with Gasteiger partial charge in [-0.15, -0.1) is 0 Å². The van der Waals surface area contributed by atoms with E-state index in [0.717, 1.165) is 29.3 Å².